The van der Waals surface area contributed by atoms with Crippen LogP contribution < -0.4 is 5.32 Å². The minimum absolute atomic E-state index is 0.00926. The molecule has 1 N–H and O–H groups in total. The van der Waals surface area contributed by atoms with E-state index >= 15 is 0 Å². The van der Waals surface area contributed by atoms with Gasteiger partial charge < -0.3 is 19.9 Å². The van der Waals surface area contributed by atoms with Crippen molar-refractivity contribution in [3.8, 4) is 0 Å². The number of nitrogens with zero attached hydrogens (tertiary/aromatic N) is 3. The van der Waals surface area contributed by atoms with Gasteiger partial charge in [-0.1, -0.05) is 30.3 Å². The molecule has 1 amide bonds. The summed E-state index contributed by atoms with van der Waals surface area (Å²) in [4.78, 5) is 20.2. The average molecular weight is 361 g/mol. The highest BCUT2D eigenvalue weighted by atomic mass is 16.5. The van der Waals surface area contributed by atoms with Gasteiger partial charge in [0.2, 0.25) is 5.91 Å². The van der Waals surface area contributed by atoms with Gasteiger partial charge in [-0.25, -0.2) is 4.99 Å². The van der Waals surface area contributed by atoms with E-state index in [9.17, 15) is 4.79 Å². The fourth-order valence-electron chi connectivity index (χ4n) is 3.11. The Morgan fingerprint density at radius 2 is 1.96 bits per heavy atom. The Bertz CT molecular complexity index is 566. The zero-order valence-corrected chi connectivity index (χ0v) is 16.3. The predicted octanol–water partition coefficient (Wildman–Crippen LogP) is 1.62. The van der Waals surface area contributed by atoms with Crippen molar-refractivity contribution >= 4 is 11.9 Å². The first kappa shape index (κ1) is 20.2. The fourth-order valence-corrected chi connectivity index (χ4v) is 3.11. The maximum absolute atomic E-state index is 11.9. The van der Waals surface area contributed by atoms with Crippen molar-refractivity contribution in [3.05, 3.63) is 35.9 Å². The van der Waals surface area contributed by atoms with Crippen LogP contribution in [-0.2, 0) is 16.0 Å². The molecule has 1 heterocycles. The van der Waals surface area contributed by atoms with Crippen molar-refractivity contribution in [1.82, 2.24) is 15.1 Å². The van der Waals surface area contributed by atoms with Crippen LogP contribution in [0.2, 0.25) is 0 Å². The van der Waals surface area contributed by atoms with Crippen LogP contribution >= 0.6 is 0 Å². The number of nitrogens with one attached hydrogen (secondary N) is 1. The number of aliphatic imine (C=N–C) groups is 1. The number of hydrogen-bond acceptors (Lipinski definition) is 3. The van der Waals surface area contributed by atoms with E-state index in [2.05, 4.69) is 45.5 Å². The van der Waals surface area contributed by atoms with Crippen molar-refractivity contribution in [2.75, 3.05) is 54.0 Å². The number of piperidine rings is 1. The zero-order chi connectivity index (χ0) is 18.8. The lowest BCUT2D eigenvalue weighted by atomic mass is 9.90. The van der Waals surface area contributed by atoms with Gasteiger partial charge in [0.25, 0.3) is 0 Å². The molecule has 144 valence electrons. The molecule has 1 aliphatic heterocycles. The molecule has 0 saturated carbocycles. The molecule has 1 saturated heterocycles. The maximum atomic E-state index is 11.9. The molecule has 0 atom stereocenters. The lowest BCUT2D eigenvalue weighted by molar-refractivity contribution is -0.127. The van der Waals surface area contributed by atoms with Gasteiger partial charge in [-0.3, -0.25) is 4.79 Å². The molecule has 6 heteroatoms. The molecular formula is C20H32N4O2. The molecule has 1 aromatic rings. The Morgan fingerprint density at radius 1 is 1.27 bits per heavy atom. The van der Waals surface area contributed by atoms with Crippen molar-refractivity contribution in [2.24, 2.45) is 10.9 Å². The summed E-state index contributed by atoms with van der Waals surface area (Å²) >= 11 is 0. The number of guanidine groups is 1. The van der Waals surface area contributed by atoms with E-state index in [1.165, 1.54) is 5.56 Å². The van der Waals surface area contributed by atoms with Gasteiger partial charge in [0, 0.05) is 40.8 Å². The van der Waals surface area contributed by atoms with Crippen LogP contribution in [0.15, 0.2) is 35.3 Å². The van der Waals surface area contributed by atoms with Crippen LogP contribution in [0.1, 0.15) is 18.4 Å². The minimum atomic E-state index is 0.00926. The summed E-state index contributed by atoms with van der Waals surface area (Å²) in [5.41, 5.74) is 1.41. The second-order valence-corrected chi connectivity index (χ2v) is 6.97. The predicted molar refractivity (Wildman–Crippen MR) is 105 cm³/mol. The number of rotatable bonds is 7. The van der Waals surface area contributed by atoms with Crippen LogP contribution in [0.5, 0.6) is 0 Å². The van der Waals surface area contributed by atoms with Gasteiger partial charge in [0.05, 0.1) is 6.61 Å². The summed E-state index contributed by atoms with van der Waals surface area (Å²) in [6.07, 6.45) is 3.42. The van der Waals surface area contributed by atoms with Crippen LogP contribution in [0.3, 0.4) is 0 Å². The van der Waals surface area contributed by atoms with E-state index in [1.807, 2.05) is 0 Å². The quantitative estimate of drug-likeness (QED) is 0.456. The average Bonchev–Trinajstić information content (AvgIpc) is 2.66. The fraction of sp³-hybridized carbons (Fsp3) is 0.600. The molecule has 0 aliphatic carbocycles. The minimum Gasteiger partial charge on any atom is -0.383 e. The summed E-state index contributed by atoms with van der Waals surface area (Å²) in [6, 6.07) is 10.7. The number of benzene rings is 1. The summed E-state index contributed by atoms with van der Waals surface area (Å²) < 4.78 is 5.12. The van der Waals surface area contributed by atoms with Gasteiger partial charge in [-0.2, -0.15) is 0 Å². The van der Waals surface area contributed by atoms with Crippen molar-refractivity contribution in [3.63, 3.8) is 0 Å². The molecule has 0 radical (unpaired) electrons. The van der Waals surface area contributed by atoms with Crippen LogP contribution in [0.25, 0.3) is 0 Å². The van der Waals surface area contributed by atoms with Crippen molar-refractivity contribution < 1.29 is 9.53 Å². The second kappa shape index (κ2) is 10.8. The molecule has 0 spiro atoms. The highest BCUT2D eigenvalue weighted by Gasteiger charge is 2.22. The van der Waals surface area contributed by atoms with Gasteiger partial charge in [-0.15, -0.1) is 0 Å². The number of amides is 1. The third kappa shape index (κ3) is 6.67. The Balaban J connectivity index is 1.89. The number of carbonyl (C=O) groups is 1. The number of carbonyl (C=O) groups excluding carboxylic acids is 1. The van der Waals surface area contributed by atoms with E-state index in [4.69, 9.17) is 4.74 Å². The van der Waals surface area contributed by atoms with Crippen LogP contribution in [0.4, 0.5) is 0 Å². The molecule has 0 bridgehead atoms. The monoisotopic (exact) mass is 360 g/mol. The van der Waals surface area contributed by atoms with Gasteiger partial charge in [-0.05, 0) is 30.7 Å². The van der Waals surface area contributed by atoms with Crippen molar-refractivity contribution in [2.45, 2.75) is 19.3 Å². The van der Waals surface area contributed by atoms with E-state index in [-0.39, 0.29) is 12.5 Å². The van der Waals surface area contributed by atoms with Crippen LogP contribution in [-0.4, -0.2) is 75.7 Å². The van der Waals surface area contributed by atoms with E-state index < -0.39 is 0 Å². The number of methoxy groups -OCH3 is 1. The van der Waals surface area contributed by atoms with Gasteiger partial charge in [0.15, 0.2) is 5.96 Å². The largest absolute Gasteiger partial charge is 0.383 e. The summed E-state index contributed by atoms with van der Waals surface area (Å²) in [6.45, 7) is 3.41. The standard InChI is InChI=1S/C20H32N4O2/c1-23(2)19(25)16-22-20(21-11-14-26-3)24-12-9-18(10-13-24)15-17-7-5-4-6-8-17/h4-8,18H,9-16H2,1-3H3,(H,21,22). The lowest BCUT2D eigenvalue weighted by Gasteiger charge is -2.34. The number of hydrogen-bond donors (Lipinski definition) is 1. The van der Waals surface area contributed by atoms with Gasteiger partial charge in [0.1, 0.15) is 6.54 Å². The highest BCUT2D eigenvalue weighted by Crippen LogP contribution is 2.21. The first-order valence-electron chi connectivity index (χ1n) is 9.36. The number of likely N-dealkylation sites (tertiary alicyclic amines) is 1. The molecule has 0 aromatic heterocycles. The zero-order valence-electron chi connectivity index (χ0n) is 16.3. The molecule has 0 unspecified atom stereocenters. The SMILES string of the molecule is COCCNC(=NCC(=O)N(C)C)N1CCC(Cc2ccccc2)CC1. The van der Waals surface area contributed by atoms with E-state index in [0.29, 0.717) is 19.1 Å². The maximum Gasteiger partial charge on any atom is 0.243 e. The highest BCUT2D eigenvalue weighted by molar-refractivity contribution is 5.84. The first-order chi connectivity index (χ1) is 12.6. The Hall–Kier alpha value is -2.08. The third-order valence-corrected chi connectivity index (χ3v) is 4.73. The molecule has 1 aliphatic rings. The first-order valence-corrected chi connectivity index (χ1v) is 9.36. The van der Waals surface area contributed by atoms with E-state index in [0.717, 1.165) is 38.3 Å². The molecule has 26 heavy (non-hydrogen) atoms. The Labute approximate surface area is 157 Å². The Kier molecular flexibility index (Phi) is 8.41. The lowest BCUT2D eigenvalue weighted by Crippen LogP contribution is -2.47. The third-order valence-electron chi connectivity index (χ3n) is 4.73. The normalized spacial score (nSPS) is 15.8. The number of likely N-dealkylation sites (N-methyl/N-ethyl adjacent to an activating group) is 1. The smallest absolute Gasteiger partial charge is 0.243 e. The molecule has 6 nitrogen and oxygen atoms in total. The van der Waals surface area contributed by atoms with Crippen LogP contribution in [0, 0.1) is 5.92 Å². The van der Waals surface area contributed by atoms with Crippen molar-refractivity contribution in [1.29, 1.82) is 0 Å². The molecule has 1 fully saturated rings. The summed E-state index contributed by atoms with van der Waals surface area (Å²) in [5.74, 6) is 1.53. The second-order valence-electron chi connectivity index (χ2n) is 6.97. The number of ether oxygens (including phenoxy) is 1. The molecular weight excluding hydrogens is 328 g/mol. The van der Waals surface area contributed by atoms with E-state index in [1.54, 1.807) is 26.1 Å². The topological polar surface area (TPSA) is 57.2 Å². The Morgan fingerprint density at radius 3 is 2.58 bits per heavy atom. The summed E-state index contributed by atoms with van der Waals surface area (Å²) in [7, 11) is 5.19. The van der Waals surface area contributed by atoms with Gasteiger partial charge >= 0.3 is 0 Å². The summed E-state index contributed by atoms with van der Waals surface area (Å²) in [5, 5.41) is 3.33. The molecule has 2 rings (SSSR count). The molecule has 1 aromatic carbocycles.